The summed E-state index contributed by atoms with van der Waals surface area (Å²) in [6, 6.07) is 3.70. The van der Waals surface area contributed by atoms with E-state index in [1.807, 2.05) is 6.92 Å². The Balaban J connectivity index is 2.71. The van der Waals surface area contributed by atoms with Crippen molar-refractivity contribution in [2.75, 3.05) is 11.9 Å². The molecule has 1 heterocycles. The molecule has 2 rings (SSSR count). The Hall–Kier alpha value is -2.28. The van der Waals surface area contributed by atoms with Crippen LogP contribution in [0.1, 0.15) is 12.6 Å². The van der Waals surface area contributed by atoms with Crippen LogP contribution in [0.5, 0.6) is 0 Å². The summed E-state index contributed by atoms with van der Waals surface area (Å²) < 4.78 is 13.5. The molecule has 1 aromatic heterocycles. The van der Waals surface area contributed by atoms with Crippen LogP contribution in [0.4, 0.5) is 16.0 Å². The van der Waals surface area contributed by atoms with Crippen LogP contribution >= 0.6 is 11.6 Å². The van der Waals surface area contributed by atoms with E-state index in [0.29, 0.717) is 6.54 Å². The van der Waals surface area contributed by atoms with Crippen molar-refractivity contribution < 1.29 is 9.31 Å². The van der Waals surface area contributed by atoms with E-state index in [1.54, 1.807) is 0 Å². The van der Waals surface area contributed by atoms with Gasteiger partial charge >= 0.3 is 5.69 Å². The fourth-order valence-electron chi connectivity index (χ4n) is 1.91. The number of aryl methyl sites for hydroxylation is 1. The van der Waals surface area contributed by atoms with Gasteiger partial charge in [0.25, 0.3) is 0 Å². The van der Waals surface area contributed by atoms with Gasteiger partial charge in [-0.25, -0.2) is 14.4 Å². The molecule has 1 N–H and O–H groups in total. The maximum atomic E-state index is 13.5. The molecule has 0 saturated carbocycles. The monoisotopic (exact) mass is 310 g/mol. The Labute approximate surface area is 125 Å². The summed E-state index contributed by atoms with van der Waals surface area (Å²) in [5, 5.41) is 14.3. The van der Waals surface area contributed by atoms with Crippen LogP contribution in [0, 0.1) is 22.9 Å². The van der Waals surface area contributed by atoms with Crippen LogP contribution in [0.25, 0.3) is 11.3 Å². The van der Waals surface area contributed by atoms with E-state index in [1.165, 1.54) is 13.0 Å². The lowest BCUT2D eigenvalue weighted by Crippen LogP contribution is -2.07. The molecule has 0 aliphatic carbocycles. The summed E-state index contributed by atoms with van der Waals surface area (Å²) in [5.74, 6) is -0.343. The van der Waals surface area contributed by atoms with Gasteiger partial charge in [-0.3, -0.25) is 10.1 Å². The third kappa shape index (κ3) is 3.25. The first-order chi connectivity index (χ1) is 9.92. The number of hydrogen-bond donors (Lipinski definition) is 1. The topological polar surface area (TPSA) is 81.0 Å². The number of nitro groups is 1. The summed E-state index contributed by atoms with van der Waals surface area (Å²) in [6.45, 7) is 3.91. The van der Waals surface area contributed by atoms with Crippen LogP contribution in [0.15, 0.2) is 18.2 Å². The predicted octanol–water partition coefficient (Wildman–Crippen LogP) is 3.58. The summed E-state index contributed by atoms with van der Waals surface area (Å²) in [5.41, 5.74) is 0.195. The first-order valence-electron chi connectivity index (χ1n) is 6.15. The highest BCUT2D eigenvalue weighted by Gasteiger charge is 2.23. The Bertz CT molecular complexity index is 689. The molecule has 110 valence electrons. The number of rotatable bonds is 4. The van der Waals surface area contributed by atoms with E-state index in [2.05, 4.69) is 15.3 Å². The van der Waals surface area contributed by atoms with Crippen molar-refractivity contribution in [1.29, 1.82) is 0 Å². The van der Waals surface area contributed by atoms with Crippen molar-refractivity contribution in [2.45, 2.75) is 13.8 Å². The zero-order valence-corrected chi connectivity index (χ0v) is 12.1. The molecule has 0 bridgehead atoms. The van der Waals surface area contributed by atoms with Gasteiger partial charge in [0.2, 0.25) is 5.95 Å². The zero-order valence-electron chi connectivity index (χ0n) is 11.4. The Morgan fingerprint density at radius 3 is 2.67 bits per heavy atom. The lowest BCUT2D eigenvalue weighted by Gasteiger charge is -2.09. The van der Waals surface area contributed by atoms with E-state index in [4.69, 9.17) is 11.6 Å². The van der Waals surface area contributed by atoms with Gasteiger partial charge in [0, 0.05) is 17.1 Å². The van der Waals surface area contributed by atoms with Crippen molar-refractivity contribution in [3.8, 4) is 11.3 Å². The van der Waals surface area contributed by atoms with Crippen LogP contribution in [0.3, 0.4) is 0 Å². The van der Waals surface area contributed by atoms with E-state index in [-0.39, 0.29) is 33.6 Å². The van der Waals surface area contributed by atoms with E-state index in [9.17, 15) is 14.5 Å². The Morgan fingerprint density at radius 2 is 2.10 bits per heavy atom. The summed E-state index contributed by atoms with van der Waals surface area (Å²) in [4.78, 5) is 18.8. The molecule has 21 heavy (non-hydrogen) atoms. The lowest BCUT2D eigenvalue weighted by atomic mass is 10.1. The first-order valence-corrected chi connectivity index (χ1v) is 6.53. The third-order valence-corrected chi connectivity index (χ3v) is 2.93. The van der Waals surface area contributed by atoms with Crippen LogP contribution < -0.4 is 5.32 Å². The standard InChI is InChI=1S/C13H12ClFN4O2/c1-3-16-13-17-7(2)12(19(20)21)11(18-13)8-4-9(14)6-10(15)5-8/h4-6H,3H2,1-2H3,(H,16,17,18). The fraction of sp³-hybridized carbons (Fsp3) is 0.231. The van der Waals surface area contributed by atoms with Crippen LogP contribution in [0.2, 0.25) is 5.02 Å². The van der Waals surface area contributed by atoms with E-state index in [0.717, 1.165) is 12.1 Å². The number of anilines is 1. The van der Waals surface area contributed by atoms with Gasteiger partial charge in [0.05, 0.1) is 4.92 Å². The van der Waals surface area contributed by atoms with Crippen molar-refractivity contribution in [2.24, 2.45) is 0 Å². The molecule has 0 spiro atoms. The molecule has 0 saturated heterocycles. The van der Waals surface area contributed by atoms with Gasteiger partial charge < -0.3 is 5.32 Å². The van der Waals surface area contributed by atoms with Gasteiger partial charge in [-0.2, -0.15) is 0 Å². The van der Waals surface area contributed by atoms with Crippen LogP contribution in [-0.4, -0.2) is 21.4 Å². The van der Waals surface area contributed by atoms with E-state index >= 15 is 0 Å². The molecule has 0 fully saturated rings. The fourth-order valence-corrected chi connectivity index (χ4v) is 2.14. The van der Waals surface area contributed by atoms with Crippen molar-refractivity contribution in [3.63, 3.8) is 0 Å². The minimum Gasteiger partial charge on any atom is -0.354 e. The Morgan fingerprint density at radius 1 is 1.38 bits per heavy atom. The molecule has 0 radical (unpaired) electrons. The second-order valence-corrected chi connectivity index (χ2v) is 4.71. The minimum atomic E-state index is -0.590. The molecular weight excluding hydrogens is 299 g/mol. The number of nitrogens with zero attached hydrogens (tertiary/aromatic N) is 3. The highest BCUT2D eigenvalue weighted by molar-refractivity contribution is 6.30. The molecular formula is C13H12ClFN4O2. The number of hydrogen-bond acceptors (Lipinski definition) is 5. The Kier molecular flexibility index (Phi) is 4.32. The lowest BCUT2D eigenvalue weighted by molar-refractivity contribution is -0.385. The van der Waals surface area contributed by atoms with Crippen molar-refractivity contribution in [3.05, 3.63) is 44.8 Å². The maximum absolute atomic E-state index is 13.5. The highest BCUT2D eigenvalue weighted by atomic mass is 35.5. The van der Waals surface area contributed by atoms with Gasteiger partial charge in [-0.15, -0.1) is 0 Å². The van der Waals surface area contributed by atoms with Gasteiger partial charge in [0.15, 0.2) is 5.69 Å². The third-order valence-electron chi connectivity index (χ3n) is 2.71. The molecule has 6 nitrogen and oxygen atoms in total. The number of benzene rings is 1. The smallest absolute Gasteiger partial charge is 0.316 e. The largest absolute Gasteiger partial charge is 0.354 e. The zero-order chi connectivity index (χ0) is 15.6. The minimum absolute atomic E-state index is 0.0323. The normalized spacial score (nSPS) is 10.5. The second-order valence-electron chi connectivity index (χ2n) is 4.28. The second kappa shape index (κ2) is 6.01. The van der Waals surface area contributed by atoms with Gasteiger partial charge in [-0.1, -0.05) is 11.6 Å². The number of halogens is 2. The van der Waals surface area contributed by atoms with Crippen LogP contribution in [-0.2, 0) is 0 Å². The average molecular weight is 311 g/mol. The first kappa shape index (κ1) is 15.1. The number of aromatic nitrogens is 2. The van der Waals surface area contributed by atoms with Crippen molar-refractivity contribution in [1.82, 2.24) is 9.97 Å². The highest BCUT2D eigenvalue weighted by Crippen LogP contribution is 2.33. The molecule has 0 amide bonds. The average Bonchev–Trinajstić information content (AvgIpc) is 2.36. The predicted molar refractivity (Wildman–Crippen MR) is 78.0 cm³/mol. The summed E-state index contributed by atoms with van der Waals surface area (Å²) in [6.07, 6.45) is 0. The molecule has 0 atom stereocenters. The van der Waals surface area contributed by atoms with Crippen molar-refractivity contribution >= 4 is 23.2 Å². The summed E-state index contributed by atoms with van der Waals surface area (Å²) in [7, 11) is 0. The summed E-state index contributed by atoms with van der Waals surface area (Å²) >= 11 is 5.80. The molecule has 1 aromatic carbocycles. The van der Waals surface area contributed by atoms with Gasteiger partial charge in [-0.05, 0) is 32.0 Å². The number of nitrogens with one attached hydrogen (secondary N) is 1. The molecule has 2 aromatic rings. The molecule has 8 heteroatoms. The maximum Gasteiger partial charge on any atom is 0.316 e. The molecule has 0 aliphatic rings. The van der Waals surface area contributed by atoms with Gasteiger partial charge in [0.1, 0.15) is 11.5 Å². The molecule has 0 unspecified atom stereocenters. The quantitative estimate of drug-likeness (QED) is 0.689. The van der Waals surface area contributed by atoms with E-state index < -0.39 is 10.7 Å². The SMILES string of the molecule is CCNc1nc(C)c([N+](=O)[O-])c(-c2cc(F)cc(Cl)c2)n1. The molecule has 0 aliphatic heterocycles.